The van der Waals surface area contributed by atoms with Gasteiger partial charge >= 0.3 is 5.97 Å². The summed E-state index contributed by atoms with van der Waals surface area (Å²) < 4.78 is 4.89. The Labute approximate surface area is 87.6 Å². The van der Waals surface area contributed by atoms with Crippen molar-refractivity contribution in [1.82, 2.24) is 5.32 Å². The van der Waals surface area contributed by atoms with Crippen LogP contribution in [0.15, 0.2) is 28.9 Å². The quantitative estimate of drug-likeness (QED) is 0.739. The van der Waals surface area contributed by atoms with Gasteiger partial charge in [-0.1, -0.05) is 12.2 Å². The summed E-state index contributed by atoms with van der Waals surface area (Å²) in [6.07, 6.45) is 7.70. The lowest BCUT2D eigenvalue weighted by Crippen LogP contribution is -2.26. The second kappa shape index (κ2) is 4.31. The molecule has 1 aromatic heterocycles. The molecule has 1 aromatic rings. The summed E-state index contributed by atoms with van der Waals surface area (Å²) in [6.45, 7) is 0.546. The van der Waals surface area contributed by atoms with Crippen LogP contribution in [0.1, 0.15) is 29.0 Å². The van der Waals surface area contributed by atoms with Gasteiger partial charge in [-0.15, -0.1) is 0 Å². The SMILES string of the molecule is O=C(O)c1occc1CNC1CC=CC1. The molecular formula is C11H13NO3. The Balaban J connectivity index is 1.92. The van der Waals surface area contributed by atoms with Crippen LogP contribution in [0.5, 0.6) is 0 Å². The number of hydrogen-bond acceptors (Lipinski definition) is 3. The van der Waals surface area contributed by atoms with Crippen molar-refractivity contribution < 1.29 is 14.3 Å². The molecule has 1 heterocycles. The van der Waals surface area contributed by atoms with E-state index in [-0.39, 0.29) is 5.76 Å². The van der Waals surface area contributed by atoms with E-state index in [1.165, 1.54) is 6.26 Å². The predicted octanol–water partition coefficient (Wildman–Crippen LogP) is 1.79. The Kier molecular flexibility index (Phi) is 2.87. The lowest BCUT2D eigenvalue weighted by atomic mass is 10.2. The zero-order chi connectivity index (χ0) is 10.7. The van der Waals surface area contributed by atoms with Gasteiger partial charge in [-0.05, 0) is 18.9 Å². The molecular weight excluding hydrogens is 194 g/mol. The Morgan fingerprint density at radius 2 is 2.27 bits per heavy atom. The van der Waals surface area contributed by atoms with Crippen LogP contribution in [-0.4, -0.2) is 17.1 Å². The van der Waals surface area contributed by atoms with Gasteiger partial charge in [0, 0.05) is 18.2 Å². The van der Waals surface area contributed by atoms with Crippen molar-refractivity contribution in [3.05, 3.63) is 35.8 Å². The largest absolute Gasteiger partial charge is 0.475 e. The van der Waals surface area contributed by atoms with Gasteiger partial charge < -0.3 is 14.8 Å². The van der Waals surface area contributed by atoms with Gasteiger partial charge in [-0.25, -0.2) is 4.79 Å². The van der Waals surface area contributed by atoms with Crippen LogP contribution in [0.25, 0.3) is 0 Å². The summed E-state index contributed by atoms with van der Waals surface area (Å²) in [5.74, 6) is -0.977. The lowest BCUT2D eigenvalue weighted by Gasteiger charge is -2.10. The van der Waals surface area contributed by atoms with E-state index in [1.54, 1.807) is 6.07 Å². The first kappa shape index (κ1) is 9.98. The van der Waals surface area contributed by atoms with Gasteiger partial charge in [-0.2, -0.15) is 0 Å². The topological polar surface area (TPSA) is 62.5 Å². The summed E-state index contributed by atoms with van der Waals surface area (Å²) in [4.78, 5) is 10.7. The normalized spacial score (nSPS) is 16.0. The zero-order valence-corrected chi connectivity index (χ0v) is 8.27. The third-order valence-corrected chi connectivity index (χ3v) is 2.53. The standard InChI is InChI=1S/C11H13NO3/c13-11(14)10-8(5-6-15-10)7-12-9-3-1-2-4-9/h1-2,5-6,9,12H,3-4,7H2,(H,13,14). The predicted molar refractivity (Wildman–Crippen MR) is 54.7 cm³/mol. The van der Waals surface area contributed by atoms with E-state index < -0.39 is 5.97 Å². The molecule has 4 nitrogen and oxygen atoms in total. The third kappa shape index (κ3) is 2.27. The number of furan rings is 1. The second-order valence-corrected chi connectivity index (χ2v) is 3.60. The minimum atomic E-state index is -1.01. The molecule has 1 aliphatic carbocycles. The summed E-state index contributed by atoms with van der Waals surface area (Å²) in [5.41, 5.74) is 0.703. The van der Waals surface area contributed by atoms with Gasteiger partial charge in [0.2, 0.25) is 5.76 Å². The van der Waals surface area contributed by atoms with Gasteiger partial charge in [0.1, 0.15) is 0 Å². The van der Waals surface area contributed by atoms with E-state index in [0.29, 0.717) is 18.2 Å². The van der Waals surface area contributed by atoms with E-state index in [2.05, 4.69) is 17.5 Å². The molecule has 0 fully saturated rings. The molecule has 80 valence electrons. The molecule has 1 aliphatic rings. The monoisotopic (exact) mass is 207 g/mol. The molecule has 0 aliphatic heterocycles. The Morgan fingerprint density at radius 1 is 1.53 bits per heavy atom. The van der Waals surface area contributed by atoms with Crippen LogP contribution < -0.4 is 5.32 Å². The highest BCUT2D eigenvalue weighted by molar-refractivity contribution is 5.86. The molecule has 0 bridgehead atoms. The highest BCUT2D eigenvalue weighted by atomic mass is 16.4. The summed E-state index contributed by atoms with van der Waals surface area (Å²) in [7, 11) is 0. The fraction of sp³-hybridized carbons (Fsp3) is 0.364. The van der Waals surface area contributed by atoms with Crippen molar-refractivity contribution in [1.29, 1.82) is 0 Å². The maximum atomic E-state index is 10.7. The maximum absolute atomic E-state index is 10.7. The van der Waals surface area contributed by atoms with Gasteiger partial charge in [0.05, 0.1) is 6.26 Å². The molecule has 0 saturated carbocycles. The van der Waals surface area contributed by atoms with E-state index in [9.17, 15) is 4.79 Å². The number of rotatable bonds is 4. The smallest absolute Gasteiger partial charge is 0.372 e. The van der Waals surface area contributed by atoms with Crippen LogP contribution in [0.2, 0.25) is 0 Å². The molecule has 15 heavy (non-hydrogen) atoms. The third-order valence-electron chi connectivity index (χ3n) is 2.53. The van der Waals surface area contributed by atoms with Crippen LogP contribution in [0, 0.1) is 0 Å². The average Bonchev–Trinajstić information content (AvgIpc) is 2.86. The van der Waals surface area contributed by atoms with Crippen LogP contribution in [0.3, 0.4) is 0 Å². The highest BCUT2D eigenvalue weighted by Crippen LogP contribution is 2.13. The maximum Gasteiger partial charge on any atom is 0.372 e. The molecule has 0 aromatic carbocycles. The molecule has 0 amide bonds. The van der Waals surface area contributed by atoms with Gasteiger partial charge in [0.15, 0.2) is 0 Å². The molecule has 4 heteroatoms. The van der Waals surface area contributed by atoms with Crippen molar-refractivity contribution in [3.63, 3.8) is 0 Å². The first-order valence-corrected chi connectivity index (χ1v) is 4.95. The Bertz CT molecular complexity index is 373. The Hall–Kier alpha value is -1.55. The molecule has 0 spiro atoms. The molecule has 0 unspecified atom stereocenters. The van der Waals surface area contributed by atoms with Crippen molar-refractivity contribution >= 4 is 5.97 Å². The highest BCUT2D eigenvalue weighted by Gasteiger charge is 2.15. The number of carbonyl (C=O) groups is 1. The fourth-order valence-electron chi connectivity index (χ4n) is 1.70. The van der Waals surface area contributed by atoms with E-state index in [4.69, 9.17) is 9.52 Å². The molecule has 0 saturated heterocycles. The van der Waals surface area contributed by atoms with Crippen LogP contribution in [0.4, 0.5) is 0 Å². The van der Waals surface area contributed by atoms with E-state index in [1.807, 2.05) is 0 Å². The fourth-order valence-corrected chi connectivity index (χ4v) is 1.70. The van der Waals surface area contributed by atoms with Crippen LogP contribution >= 0.6 is 0 Å². The first-order valence-electron chi connectivity index (χ1n) is 4.95. The number of aromatic carboxylic acids is 1. The summed E-state index contributed by atoms with van der Waals surface area (Å²) in [6, 6.07) is 2.13. The van der Waals surface area contributed by atoms with E-state index >= 15 is 0 Å². The molecule has 2 rings (SSSR count). The minimum absolute atomic E-state index is 0.0356. The lowest BCUT2D eigenvalue weighted by molar-refractivity contribution is 0.0660. The number of nitrogens with one attached hydrogen (secondary N) is 1. The first-order chi connectivity index (χ1) is 7.27. The second-order valence-electron chi connectivity index (χ2n) is 3.60. The van der Waals surface area contributed by atoms with Crippen LogP contribution in [-0.2, 0) is 6.54 Å². The Morgan fingerprint density at radius 3 is 2.93 bits per heavy atom. The van der Waals surface area contributed by atoms with Crippen molar-refractivity contribution in [2.75, 3.05) is 0 Å². The summed E-state index contributed by atoms with van der Waals surface area (Å²) in [5, 5.41) is 12.1. The number of hydrogen-bond donors (Lipinski definition) is 2. The van der Waals surface area contributed by atoms with Crippen molar-refractivity contribution in [2.24, 2.45) is 0 Å². The van der Waals surface area contributed by atoms with Gasteiger partial charge in [-0.3, -0.25) is 0 Å². The zero-order valence-electron chi connectivity index (χ0n) is 8.27. The molecule has 0 atom stereocenters. The van der Waals surface area contributed by atoms with Crippen molar-refractivity contribution in [3.8, 4) is 0 Å². The minimum Gasteiger partial charge on any atom is -0.475 e. The van der Waals surface area contributed by atoms with E-state index in [0.717, 1.165) is 12.8 Å². The number of carboxylic acid groups (broad SMARTS) is 1. The number of carboxylic acids is 1. The summed E-state index contributed by atoms with van der Waals surface area (Å²) >= 11 is 0. The average molecular weight is 207 g/mol. The molecule has 2 N–H and O–H groups in total. The van der Waals surface area contributed by atoms with Gasteiger partial charge in [0.25, 0.3) is 0 Å². The van der Waals surface area contributed by atoms with Crippen molar-refractivity contribution in [2.45, 2.75) is 25.4 Å². The molecule has 0 radical (unpaired) electrons.